The van der Waals surface area contributed by atoms with Gasteiger partial charge in [-0.15, -0.1) is 0 Å². The smallest absolute Gasteiger partial charge is 0.240 e. The number of sulfonamides is 1. The first-order valence-electron chi connectivity index (χ1n) is 10.7. The van der Waals surface area contributed by atoms with Crippen molar-refractivity contribution in [3.05, 3.63) is 78.3 Å². The van der Waals surface area contributed by atoms with E-state index in [4.69, 9.17) is 9.15 Å². The molecule has 1 aromatic heterocycles. The molecule has 1 N–H and O–H groups in total. The summed E-state index contributed by atoms with van der Waals surface area (Å²) in [6, 6.07) is 18.5. The van der Waals surface area contributed by atoms with Gasteiger partial charge in [0.2, 0.25) is 10.0 Å². The van der Waals surface area contributed by atoms with Crippen LogP contribution in [0.25, 0.3) is 0 Å². The number of hydrogen-bond acceptors (Lipinski definition) is 6. The first-order valence-corrected chi connectivity index (χ1v) is 12.2. The summed E-state index contributed by atoms with van der Waals surface area (Å²) in [5.74, 6) is 1.60. The molecule has 1 aliphatic rings. The fraction of sp³-hybridized carbons (Fsp3) is 0.333. The summed E-state index contributed by atoms with van der Waals surface area (Å²) in [5, 5.41) is 0. The Labute approximate surface area is 189 Å². The van der Waals surface area contributed by atoms with Crippen LogP contribution in [0, 0.1) is 6.92 Å². The molecule has 0 amide bonds. The minimum absolute atomic E-state index is 0.178. The van der Waals surface area contributed by atoms with Crippen LogP contribution in [0.4, 0.5) is 5.69 Å². The molecule has 3 aromatic rings. The lowest BCUT2D eigenvalue weighted by atomic mass is 10.1. The van der Waals surface area contributed by atoms with E-state index in [9.17, 15) is 8.42 Å². The van der Waals surface area contributed by atoms with Crippen LogP contribution < -0.4 is 14.4 Å². The van der Waals surface area contributed by atoms with E-state index in [2.05, 4.69) is 26.7 Å². The Morgan fingerprint density at radius 1 is 1.00 bits per heavy atom. The average Bonchev–Trinajstić information content (AvgIpc) is 3.35. The Morgan fingerprint density at radius 3 is 2.28 bits per heavy atom. The summed E-state index contributed by atoms with van der Waals surface area (Å²) in [6.45, 7) is 5.45. The molecular formula is C24H29N3O4S. The number of aryl methyl sites for hydroxylation is 1. The molecule has 2 heterocycles. The normalized spacial score (nSPS) is 16.1. The molecule has 8 heteroatoms. The topological polar surface area (TPSA) is 75.0 Å². The van der Waals surface area contributed by atoms with Gasteiger partial charge in [-0.25, -0.2) is 13.1 Å². The van der Waals surface area contributed by atoms with E-state index in [1.54, 1.807) is 37.6 Å². The van der Waals surface area contributed by atoms with Crippen LogP contribution in [0.2, 0.25) is 0 Å². The zero-order chi connectivity index (χ0) is 22.6. The van der Waals surface area contributed by atoms with Gasteiger partial charge in [0.25, 0.3) is 0 Å². The van der Waals surface area contributed by atoms with Crippen molar-refractivity contribution in [3.63, 3.8) is 0 Å². The fourth-order valence-corrected chi connectivity index (χ4v) is 5.00. The van der Waals surface area contributed by atoms with Crippen molar-refractivity contribution >= 4 is 15.7 Å². The first kappa shape index (κ1) is 22.4. The molecule has 170 valence electrons. The molecule has 0 aliphatic carbocycles. The molecule has 0 radical (unpaired) electrons. The average molecular weight is 456 g/mol. The minimum atomic E-state index is -3.60. The maximum atomic E-state index is 12.8. The number of furan rings is 1. The maximum absolute atomic E-state index is 12.8. The van der Waals surface area contributed by atoms with Gasteiger partial charge in [-0.2, -0.15) is 0 Å². The van der Waals surface area contributed by atoms with Crippen LogP contribution >= 0.6 is 0 Å². The third kappa shape index (κ3) is 5.15. The highest BCUT2D eigenvalue weighted by molar-refractivity contribution is 7.89. The molecule has 0 spiro atoms. The van der Waals surface area contributed by atoms with Crippen molar-refractivity contribution in [3.8, 4) is 5.75 Å². The molecule has 4 rings (SSSR count). The van der Waals surface area contributed by atoms with E-state index in [-0.39, 0.29) is 17.5 Å². The van der Waals surface area contributed by atoms with Crippen molar-refractivity contribution in [2.75, 3.05) is 44.7 Å². The third-order valence-corrected chi connectivity index (χ3v) is 7.30. The first-order chi connectivity index (χ1) is 15.5. The van der Waals surface area contributed by atoms with Crippen LogP contribution in [0.15, 0.2) is 76.2 Å². The number of methoxy groups -OCH3 is 1. The summed E-state index contributed by atoms with van der Waals surface area (Å²) in [4.78, 5) is 4.87. The Balaban J connectivity index is 1.43. The van der Waals surface area contributed by atoms with Crippen molar-refractivity contribution in [2.45, 2.75) is 17.9 Å². The number of hydrogen-bond donors (Lipinski definition) is 1. The second-order valence-electron chi connectivity index (χ2n) is 7.92. The highest BCUT2D eigenvalue weighted by atomic mass is 32.2. The Morgan fingerprint density at radius 2 is 1.69 bits per heavy atom. The van der Waals surface area contributed by atoms with Crippen LogP contribution in [-0.2, 0) is 10.0 Å². The summed E-state index contributed by atoms with van der Waals surface area (Å²) < 4.78 is 39.3. The summed E-state index contributed by atoms with van der Waals surface area (Å²) in [6.07, 6.45) is 1.63. The van der Waals surface area contributed by atoms with E-state index < -0.39 is 10.0 Å². The van der Waals surface area contributed by atoms with E-state index in [0.29, 0.717) is 0 Å². The highest BCUT2D eigenvalue weighted by Crippen LogP contribution is 2.26. The molecule has 2 aromatic carbocycles. The number of benzene rings is 2. The molecule has 32 heavy (non-hydrogen) atoms. The largest absolute Gasteiger partial charge is 0.497 e. The van der Waals surface area contributed by atoms with Crippen LogP contribution in [0.1, 0.15) is 17.4 Å². The molecule has 0 saturated carbocycles. The number of ether oxygens (including phenoxy) is 1. The molecular weight excluding hydrogens is 426 g/mol. The second kappa shape index (κ2) is 9.77. The van der Waals surface area contributed by atoms with Gasteiger partial charge in [0.15, 0.2) is 0 Å². The predicted octanol–water partition coefficient (Wildman–Crippen LogP) is 3.44. The number of anilines is 1. The second-order valence-corrected chi connectivity index (χ2v) is 9.68. The summed E-state index contributed by atoms with van der Waals surface area (Å²) in [7, 11) is -1.94. The summed E-state index contributed by atoms with van der Waals surface area (Å²) in [5.41, 5.74) is 2.17. The standard InChI is InChI=1S/C24H29N3O4S/c1-19-5-11-22(12-6-19)32(28,29)25-18-23(24-4-3-17-31-24)27-15-13-26(14-16-27)20-7-9-21(30-2)10-8-20/h3-12,17,23,25H,13-16,18H2,1-2H3. The van der Waals surface area contributed by atoms with E-state index >= 15 is 0 Å². The Kier molecular flexibility index (Phi) is 6.83. The minimum Gasteiger partial charge on any atom is -0.497 e. The van der Waals surface area contributed by atoms with E-state index in [0.717, 1.165) is 48.9 Å². The molecule has 1 atom stereocenters. The fourth-order valence-electron chi connectivity index (χ4n) is 3.96. The van der Waals surface area contributed by atoms with Crippen LogP contribution in [0.5, 0.6) is 5.75 Å². The van der Waals surface area contributed by atoms with Gasteiger partial charge in [0.05, 0.1) is 24.3 Å². The van der Waals surface area contributed by atoms with Crippen LogP contribution in [-0.4, -0.2) is 53.2 Å². The van der Waals surface area contributed by atoms with E-state index in [1.165, 1.54) is 0 Å². The lowest BCUT2D eigenvalue weighted by Crippen LogP contribution is -2.49. The third-order valence-electron chi connectivity index (χ3n) is 5.86. The molecule has 7 nitrogen and oxygen atoms in total. The molecule has 1 aliphatic heterocycles. The van der Waals surface area contributed by atoms with E-state index in [1.807, 2.05) is 31.2 Å². The molecule has 1 unspecified atom stereocenters. The highest BCUT2D eigenvalue weighted by Gasteiger charge is 2.28. The van der Waals surface area contributed by atoms with Gasteiger partial charge >= 0.3 is 0 Å². The Bertz CT molecular complexity index is 1090. The van der Waals surface area contributed by atoms with Gasteiger partial charge in [-0.1, -0.05) is 17.7 Å². The van der Waals surface area contributed by atoms with Crippen LogP contribution in [0.3, 0.4) is 0 Å². The van der Waals surface area contributed by atoms with Gasteiger partial charge in [0, 0.05) is 38.4 Å². The molecule has 1 saturated heterocycles. The van der Waals surface area contributed by atoms with Crippen molar-refractivity contribution in [2.24, 2.45) is 0 Å². The predicted molar refractivity (Wildman–Crippen MR) is 125 cm³/mol. The quantitative estimate of drug-likeness (QED) is 0.561. The lowest BCUT2D eigenvalue weighted by molar-refractivity contribution is 0.166. The summed E-state index contributed by atoms with van der Waals surface area (Å²) >= 11 is 0. The van der Waals surface area contributed by atoms with Gasteiger partial charge in [0.1, 0.15) is 11.5 Å². The number of piperazine rings is 1. The lowest BCUT2D eigenvalue weighted by Gasteiger charge is -2.39. The monoisotopic (exact) mass is 455 g/mol. The Hall–Kier alpha value is -2.81. The maximum Gasteiger partial charge on any atom is 0.240 e. The zero-order valence-electron chi connectivity index (χ0n) is 18.4. The number of nitrogens with one attached hydrogen (secondary N) is 1. The number of nitrogens with zero attached hydrogens (tertiary/aromatic N) is 2. The van der Waals surface area contributed by atoms with Crippen molar-refractivity contribution < 1.29 is 17.6 Å². The van der Waals surface area contributed by atoms with Crippen molar-refractivity contribution in [1.29, 1.82) is 0 Å². The zero-order valence-corrected chi connectivity index (χ0v) is 19.2. The van der Waals surface area contributed by atoms with Crippen molar-refractivity contribution in [1.82, 2.24) is 9.62 Å². The molecule has 1 fully saturated rings. The van der Waals surface area contributed by atoms with Gasteiger partial charge in [-0.3, -0.25) is 4.90 Å². The van der Waals surface area contributed by atoms with Gasteiger partial charge < -0.3 is 14.1 Å². The SMILES string of the molecule is COc1ccc(N2CCN(C(CNS(=O)(=O)c3ccc(C)cc3)c3ccco3)CC2)cc1. The number of rotatable bonds is 8. The molecule has 0 bridgehead atoms. The van der Waals surface area contributed by atoms with Gasteiger partial charge in [-0.05, 0) is 55.5 Å².